The molecule has 0 aromatic rings. The van der Waals surface area contributed by atoms with Crippen molar-refractivity contribution in [3.63, 3.8) is 0 Å². The summed E-state index contributed by atoms with van der Waals surface area (Å²) in [5, 5.41) is 0. The quantitative estimate of drug-likeness (QED) is 0.293. The van der Waals surface area contributed by atoms with Gasteiger partial charge in [-0.25, -0.2) is 0 Å². The van der Waals surface area contributed by atoms with Crippen LogP contribution in [0.25, 0.3) is 0 Å². The highest BCUT2D eigenvalue weighted by molar-refractivity contribution is 6.71. The molecule has 1 nitrogen and oxygen atoms in total. The van der Waals surface area contributed by atoms with Gasteiger partial charge in [-0.15, -0.1) is 6.58 Å². The minimum atomic E-state index is -1.41. The first-order chi connectivity index (χ1) is 7.55. The van der Waals surface area contributed by atoms with Crippen LogP contribution >= 0.6 is 0 Å². The number of unbranched alkanes of at least 4 members (excludes halogenated alkanes) is 4. The first kappa shape index (κ1) is 15.9. The van der Waals surface area contributed by atoms with Crippen molar-refractivity contribution in [3.8, 4) is 0 Å². The van der Waals surface area contributed by atoms with Crippen molar-refractivity contribution in [2.75, 3.05) is 0 Å². The van der Waals surface area contributed by atoms with Gasteiger partial charge < -0.3 is 4.43 Å². The van der Waals surface area contributed by atoms with E-state index in [0.717, 1.165) is 6.42 Å². The Kier molecular flexibility index (Phi) is 8.95. The van der Waals surface area contributed by atoms with E-state index in [0.29, 0.717) is 6.10 Å². The lowest BCUT2D eigenvalue weighted by atomic mass is 10.1. The Balaban J connectivity index is 3.71. The molecule has 96 valence electrons. The fraction of sp³-hybridized carbons (Fsp3) is 0.857. The molecule has 0 aliphatic rings. The second-order valence-electron chi connectivity index (χ2n) is 5.21. The number of hydrogen-bond donors (Lipinski definition) is 0. The van der Waals surface area contributed by atoms with Gasteiger partial charge in [0.25, 0.3) is 0 Å². The van der Waals surface area contributed by atoms with Gasteiger partial charge in [-0.05, 0) is 25.6 Å². The van der Waals surface area contributed by atoms with Crippen molar-refractivity contribution in [1.82, 2.24) is 0 Å². The Morgan fingerprint density at radius 2 is 1.75 bits per heavy atom. The second-order valence-corrected chi connectivity index (χ2v) is 9.67. The zero-order valence-corrected chi connectivity index (χ0v) is 12.7. The number of hydrogen-bond acceptors (Lipinski definition) is 1. The highest BCUT2D eigenvalue weighted by atomic mass is 28.4. The maximum Gasteiger partial charge on any atom is 0.187 e. The Morgan fingerprint density at radius 3 is 2.25 bits per heavy atom. The average molecular weight is 242 g/mol. The van der Waals surface area contributed by atoms with Crippen LogP contribution in [0.5, 0.6) is 0 Å². The highest BCUT2D eigenvalue weighted by Gasteiger charge is 2.22. The zero-order chi connectivity index (χ0) is 12.4. The summed E-state index contributed by atoms with van der Waals surface area (Å²) in [6, 6.07) is 1.19. The van der Waals surface area contributed by atoms with Gasteiger partial charge in [-0.2, -0.15) is 0 Å². The summed E-state index contributed by atoms with van der Waals surface area (Å²) >= 11 is 0. The monoisotopic (exact) mass is 242 g/mol. The molecule has 0 rings (SSSR count). The Bertz CT molecular complexity index is 178. The van der Waals surface area contributed by atoms with E-state index >= 15 is 0 Å². The molecule has 0 spiro atoms. The first-order valence-electron chi connectivity index (χ1n) is 6.86. The van der Waals surface area contributed by atoms with E-state index in [-0.39, 0.29) is 0 Å². The summed E-state index contributed by atoms with van der Waals surface area (Å²) in [4.78, 5) is 0. The molecule has 0 fully saturated rings. The van der Waals surface area contributed by atoms with Gasteiger partial charge in [0.15, 0.2) is 8.32 Å². The van der Waals surface area contributed by atoms with Crippen LogP contribution in [0.15, 0.2) is 12.7 Å². The topological polar surface area (TPSA) is 9.23 Å². The van der Waals surface area contributed by atoms with E-state index < -0.39 is 8.32 Å². The predicted molar refractivity (Wildman–Crippen MR) is 76.4 cm³/mol. The van der Waals surface area contributed by atoms with E-state index in [9.17, 15) is 0 Å². The highest BCUT2D eigenvalue weighted by Crippen LogP contribution is 2.17. The minimum absolute atomic E-state index is 0.295. The molecule has 16 heavy (non-hydrogen) atoms. The minimum Gasteiger partial charge on any atom is -0.411 e. The van der Waals surface area contributed by atoms with E-state index in [1.165, 1.54) is 38.1 Å². The molecule has 0 saturated heterocycles. The van der Waals surface area contributed by atoms with E-state index in [2.05, 4.69) is 33.5 Å². The Morgan fingerprint density at radius 1 is 1.12 bits per heavy atom. The summed E-state index contributed by atoms with van der Waals surface area (Å²) in [5.74, 6) is 0. The van der Waals surface area contributed by atoms with Crippen molar-refractivity contribution in [2.45, 2.75) is 77.6 Å². The predicted octanol–water partition coefficient (Wildman–Crippen LogP) is 5.14. The molecule has 1 atom stereocenters. The van der Waals surface area contributed by atoms with E-state index in [4.69, 9.17) is 4.43 Å². The Hall–Kier alpha value is -0.0831. The average Bonchev–Trinajstić information content (AvgIpc) is 2.27. The maximum atomic E-state index is 6.16. The molecule has 0 heterocycles. The molecule has 0 amide bonds. The third kappa shape index (κ3) is 8.11. The zero-order valence-electron chi connectivity index (χ0n) is 11.7. The van der Waals surface area contributed by atoms with Crippen LogP contribution in [0.4, 0.5) is 0 Å². The van der Waals surface area contributed by atoms with Gasteiger partial charge in [0.05, 0.1) is 6.10 Å². The largest absolute Gasteiger partial charge is 0.411 e. The molecule has 0 aromatic heterocycles. The van der Waals surface area contributed by atoms with Crippen molar-refractivity contribution < 1.29 is 4.43 Å². The van der Waals surface area contributed by atoms with Crippen LogP contribution in [0.1, 0.15) is 52.4 Å². The van der Waals surface area contributed by atoms with Gasteiger partial charge in [0.2, 0.25) is 0 Å². The third-order valence-corrected chi connectivity index (χ3v) is 5.82. The summed E-state index contributed by atoms with van der Waals surface area (Å²) in [6.07, 6.45) is 10.1. The molecule has 0 aromatic carbocycles. The number of rotatable bonds is 10. The van der Waals surface area contributed by atoms with E-state index in [1.807, 2.05) is 6.08 Å². The molecule has 0 aliphatic carbocycles. The van der Waals surface area contributed by atoms with Gasteiger partial charge in [0.1, 0.15) is 0 Å². The Labute approximate surface area is 103 Å². The fourth-order valence-electron chi connectivity index (χ4n) is 1.67. The van der Waals surface area contributed by atoms with Crippen LogP contribution in [-0.4, -0.2) is 14.4 Å². The van der Waals surface area contributed by atoms with Crippen LogP contribution in [0, 0.1) is 0 Å². The molecular weight excluding hydrogens is 212 g/mol. The lowest BCUT2D eigenvalue weighted by Crippen LogP contribution is -2.33. The van der Waals surface area contributed by atoms with Crippen molar-refractivity contribution >= 4 is 8.32 Å². The van der Waals surface area contributed by atoms with E-state index in [1.54, 1.807) is 0 Å². The van der Waals surface area contributed by atoms with Gasteiger partial charge in [-0.1, -0.05) is 52.0 Å². The van der Waals surface area contributed by atoms with Crippen molar-refractivity contribution in [3.05, 3.63) is 12.7 Å². The summed E-state index contributed by atoms with van der Waals surface area (Å²) in [5.41, 5.74) is 0. The van der Waals surface area contributed by atoms with Crippen molar-refractivity contribution in [2.24, 2.45) is 0 Å². The van der Waals surface area contributed by atoms with Gasteiger partial charge in [-0.3, -0.25) is 0 Å². The summed E-state index contributed by atoms with van der Waals surface area (Å²) in [6.45, 7) is 13.0. The molecule has 0 aliphatic heterocycles. The first-order valence-corrected chi connectivity index (χ1v) is 9.97. The summed E-state index contributed by atoms with van der Waals surface area (Å²) in [7, 11) is -1.41. The van der Waals surface area contributed by atoms with Gasteiger partial charge >= 0.3 is 0 Å². The normalized spacial score (nSPS) is 13.8. The molecule has 0 N–H and O–H groups in total. The molecule has 2 heteroatoms. The lowest BCUT2D eigenvalue weighted by Gasteiger charge is -2.26. The van der Waals surface area contributed by atoms with Gasteiger partial charge in [0, 0.05) is 0 Å². The second kappa shape index (κ2) is 9.00. The lowest BCUT2D eigenvalue weighted by molar-refractivity contribution is 0.224. The maximum absolute atomic E-state index is 6.16. The SMILES string of the molecule is C=CC(CCCCCCC)O[Si](C)(C)CC. The fourth-order valence-corrected chi connectivity index (χ4v) is 2.87. The third-order valence-electron chi connectivity index (χ3n) is 3.18. The summed E-state index contributed by atoms with van der Waals surface area (Å²) < 4.78 is 6.16. The molecular formula is C14H30OSi. The molecule has 0 bridgehead atoms. The molecule has 0 saturated carbocycles. The van der Waals surface area contributed by atoms with Crippen LogP contribution in [0.2, 0.25) is 19.1 Å². The smallest absolute Gasteiger partial charge is 0.187 e. The van der Waals surface area contributed by atoms with Crippen LogP contribution < -0.4 is 0 Å². The van der Waals surface area contributed by atoms with Crippen LogP contribution in [-0.2, 0) is 4.43 Å². The van der Waals surface area contributed by atoms with Crippen molar-refractivity contribution in [1.29, 1.82) is 0 Å². The molecule has 1 unspecified atom stereocenters. The standard InChI is InChI=1S/C14H30OSi/c1-6-9-10-11-12-13-14(7-2)15-16(4,5)8-3/h7,14H,2,6,8-13H2,1,3-5H3. The molecule has 0 radical (unpaired) electrons. The van der Waals surface area contributed by atoms with Crippen LogP contribution in [0.3, 0.4) is 0 Å².